The molecule has 9 nitrogen and oxygen atoms in total. The number of ether oxygens (including phenoxy) is 4. The number of benzene rings is 2. The van der Waals surface area contributed by atoms with Crippen LogP contribution in [0.5, 0.6) is 23.0 Å². The van der Waals surface area contributed by atoms with Crippen LogP contribution < -0.4 is 29.2 Å². The monoisotopic (exact) mass is 412 g/mol. The molecule has 0 bridgehead atoms. The van der Waals surface area contributed by atoms with E-state index >= 15 is 0 Å². The molecule has 1 heterocycles. The molecular formula is C21H20N2O7. The highest BCUT2D eigenvalue weighted by molar-refractivity contribution is 6.39. The van der Waals surface area contributed by atoms with Gasteiger partial charge in [-0.25, -0.2) is 9.69 Å². The van der Waals surface area contributed by atoms with Crippen LogP contribution in [0.1, 0.15) is 5.56 Å². The summed E-state index contributed by atoms with van der Waals surface area (Å²) < 4.78 is 20.9. The number of methoxy groups -OCH3 is 4. The van der Waals surface area contributed by atoms with Crippen LogP contribution in [0, 0.1) is 0 Å². The van der Waals surface area contributed by atoms with Gasteiger partial charge in [-0.2, -0.15) is 0 Å². The maximum Gasteiger partial charge on any atom is 0.336 e. The Hall–Kier alpha value is -4.01. The van der Waals surface area contributed by atoms with Crippen LogP contribution in [-0.2, 0) is 9.59 Å². The summed E-state index contributed by atoms with van der Waals surface area (Å²) in [5.74, 6) is -0.00858. The molecule has 1 aliphatic heterocycles. The number of carbonyl (C=O) groups is 3. The molecule has 0 aromatic heterocycles. The van der Waals surface area contributed by atoms with Gasteiger partial charge < -0.3 is 18.9 Å². The lowest BCUT2D eigenvalue weighted by Crippen LogP contribution is -2.54. The molecular weight excluding hydrogens is 392 g/mol. The molecule has 2 aromatic carbocycles. The number of hydrogen-bond donors (Lipinski definition) is 1. The van der Waals surface area contributed by atoms with E-state index in [0.717, 1.165) is 4.90 Å². The number of anilines is 1. The van der Waals surface area contributed by atoms with Crippen LogP contribution in [0.3, 0.4) is 0 Å². The molecule has 9 heteroatoms. The van der Waals surface area contributed by atoms with E-state index in [0.29, 0.717) is 22.8 Å². The Balaban J connectivity index is 2.07. The first-order chi connectivity index (χ1) is 14.4. The van der Waals surface area contributed by atoms with Gasteiger partial charge >= 0.3 is 6.03 Å². The fraction of sp³-hybridized carbons (Fsp3) is 0.190. The average molecular weight is 412 g/mol. The largest absolute Gasteiger partial charge is 0.497 e. The number of rotatable bonds is 6. The fourth-order valence-corrected chi connectivity index (χ4v) is 2.96. The van der Waals surface area contributed by atoms with Gasteiger partial charge in [0, 0.05) is 6.07 Å². The summed E-state index contributed by atoms with van der Waals surface area (Å²) in [6.45, 7) is 0. The van der Waals surface area contributed by atoms with E-state index in [1.54, 1.807) is 30.3 Å². The predicted octanol–water partition coefficient (Wildman–Crippen LogP) is 2.39. The summed E-state index contributed by atoms with van der Waals surface area (Å²) in [7, 11) is 5.83. The highest BCUT2D eigenvalue weighted by atomic mass is 16.5. The minimum absolute atomic E-state index is 0.144. The molecule has 0 unspecified atom stereocenters. The standard InChI is InChI=1S/C21H20N2O7/c1-27-13-6-8-16(28-2)15(11-13)23-20(25)14(19(24)22-21(23)26)9-12-5-7-17(29-3)18(10-12)30-4/h5-11H,1-4H3,(H,22,24,26)/b14-9+. The Bertz CT molecular complexity index is 1050. The molecule has 1 fully saturated rings. The van der Waals surface area contributed by atoms with Gasteiger partial charge in [-0.05, 0) is 35.9 Å². The summed E-state index contributed by atoms with van der Waals surface area (Å²) in [5.41, 5.74) is 0.426. The van der Waals surface area contributed by atoms with Crippen molar-refractivity contribution in [3.05, 3.63) is 47.5 Å². The number of imide groups is 2. The van der Waals surface area contributed by atoms with Crippen LogP contribution in [0.4, 0.5) is 10.5 Å². The second kappa shape index (κ2) is 8.56. The summed E-state index contributed by atoms with van der Waals surface area (Å²) in [5, 5.41) is 2.18. The normalized spacial score (nSPS) is 15.1. The van der Waals surface area contributed by atoms with Crippen molar-refractivity contribution in [3.63, 3.8) is 0 Å². The highest BCUT2D eigenvalue weighted by Crippen LogP contribution is 2.35. The van der Waals surface area contributed by atoms with E-state index < -0.39 is 17.8 Å². The Kier molecular flexibility index (Phi) is 5.91. The minimum atomic E-state index is -0.888. The molecule has 3 rings (SSSR count). The third-order valence-corrected chi connectivity index (χ3v) is 4.45. The predicted molar refractivity (Wildman–Crippen MR) is 108 cm³/mol. The van der Waals surface area contributed by atoms with Crippen molar-refractivity contribution in [1.29, 1.82) is 0 Å². The first-order valence-electron chi connectivity index (χ1n) is 8.79. The molecule has 0 saturated carbocycles. The van der Waals surface area contributed by atoms with Crippen molar-refractivity contribution in [2.24, 2.45) is 0 Å². The van der Waals surface area contributed by atoms with Crippen LogP contribution in [0.15, 0.2) is 42.0 Å². The first-order valence-corrected chi connectivity index (χ1v) is 8.79. The van der Waals surface area contributed by atoms with Gasteiger partial charge in [0.25, 0.3) is 11.8 Å². The lowest BCUT2D eigenvalue weighted by atomic mass is 10.1. The van der Waals surface area contributed by atoms with Gasteiger partial charge in [0.15, 0.2) is 11.5 Å². The van der Waals surface area contributed by atoms with Crippen molar-refractivity contribution < 1.29 is 33.3 Å². The van der Waals surface area contributed by atoms with Crippen molar-refractivity contribution in [1.82, 2.24) is 5.32 Å². The number of nitrogens with one attached hydrogen (secondary N) is 1. The molecule has 30 heavy (non-hydrogen) atoms. The van der Waals surface area contributed by atoms with Gasteiger partial charge in [0.2, 0.25) is 0 Å². The molecule has 0 spiro atoms. The zero-order chi connectivity index (χ0) is 21.8. The zero-order valence-electron chi connectivity index (χ0n) is 16.8. The topological polar surface area (TPSA) is 103 Å². The maximum atomic E-state index is 13.1. The van der Waals surface area contributed by atoms with Crippen molar-refractivity contribution in [2.45, 2.75) is 0 Å². The number of barbiturate groups is 1. The van der Waals surface area contributed by atoms with Gasteiger partial charge in [-0.15, -0.1) is 0 Å². The Labute approximate surface area is 172 Å². The third-order valence-electron chi connectivity index (χ3n) is 4.45. The summed E-state index contributed by atoms with van der Waals surface area (Å²) >= 11 is 0. The van der Waals surface area contributed by atoms with E-state index in [9.17, 15) is 14.4 Å². The Morgan fingerprint density at radius 1 is 0.800 bits per heavy atom. The van der Waals surface area contributed by atoms with Crippen molar-refractivity contribution >= 4 is 29.6 Å². The quantitative estimate of drug-likeness (QED) is 0.574. The van der Waals surface area contributed by atoms with Gasteiger partial charge in [0.1, 0.15) is 17.1 Å². The molecule has 2 aromatic rings. The zero-order valence-corrected chi connectivity index (χ0v) is 16.8. The number of nitrogens with zero attached hydrogens (tertiary/aromatic N) is 1. The second-order valence-electron chi connectivity index (χ2n) is 6.11. The molecule has 0 aliphatic carbocycles. The van der Waals surface area contributed by atoms with E-state index in [1.165, 1.54) is 40.6 Å². The van der Waals surface area contributed by atoms with E-state index in [1.807, 2.05) is 0 Å². The van der Waals surface area contributed by atoms with Gasteiger partial charge in [0.05, 0.1) is 34.1 Å². The smallest absolute Gasteiger partial charge is 0.336 e. The van der Waals surface area contributed by atoms with E-state index in [2.05, 4.69) is 5.32 Å². The highest BCUT2D eigenvalue weighted by Gasteiger charge is 2.38. The summed E-state index contributed by atoms with van der Waals surface area (Å²) in [4.78, 5) is 38.8. The lowest BCUT2D eigenvalue weighted by molar-refractivity contribution is -0.122. The lowest BCUT2D eigenvalue weighted by Gasteiger charge is -2.27. The molecule has 0 radical (unpaired) electrons. The number of carbonyl (C=O) groups excluding carboxylic acids is 3. The number of amides is 4. The Morgan fingerprint density at radius 3 is 2.10 bits per heavy atom. The molecule has 4 amide bonds. The molecule has 1 N–H and O–H groups in total. The second-order valence-corrected chi connectivity index (χ2v) is 6.11. The summed E-state index contributed by atoms with van der Waals surface area (Å²) in [6, 6.07) is 8.68. The van der Waals surface area contributed by atoms with Gasteiger partial charge in [-0.1, -0.05) is 6.07 Å². The Morgan fingerprint density at radius 2 is 1.47 bits per heavy atom. The van der Waals surface area contributed by atoms with E-state index in [-0.39, 0.29) is 17.0 Å². The fourth-order valence-electron chi connectivity index (χ4n) is 2.96. The molecule has 1 aliphatic rings. The van der Waals surface area contributed by atoms with Crippen LogP contribution >= 0.6 is 0 Å². The number of urea groups is 1. The average Bonchev–Trinajstić information content (AvgIpc) is 2.76. The third kappa shape index (κ3) is 3.77. The number of hydrogen-bond acceptors (Lipinski definition) is 7. The minimum Gasteiger partial charge on any atom is -0.497 e. The molecule has 1 saturated heterocycles. The van der Waals surface area contributed by atoms with Crippen LogP contribution in [0.25, 0.3) is 6.08 Å². The van der Waals surface area contributed by atoms with Crippen molar-refractivity contribution in [3.8, 4) is 23.0 Å². The first kappa shape index (κ1) is 20.7. The van der Waals surface area contributed by atoms with Crippen molar-refractivity contribution in [2.75, 3.05) is 33.3 Å². The van der Waals surface area contributed by atoms with Crippen LogP contribution in [-0.4, -0.2) is 46.3 Å². The van der Waals surface area contributed by atoms with Gasteiger partial charge in [-0.3, -0.25) is 14.9 Å². The maximum absolute atomic E-state index is 13.1. The van der Waals surface area contributed by atoms with E-state index in [4.69, 9.17) is 18.9 Å². The molecule has 0 atom stereocenters. The van der Waals surface area contributed by atoms with Crippen LogP contribution in [0.2, 0.25) is 0 Å². The summed E-state index contributed by atoms with van der Waals surface area (Å²) in [6.07, 6.45) is 1.37. The molecule has 156 valence electrons. The SMILES string of the molecule is COc1ccc(OC)c(N2C(=O)NC(=O)/C(=C\c3ccc(OC)c(OC)c3)C2=O)c1.